The lowest BCUT2D eigenvalue weighted by Crippen LogP contribution is -2.43. The van der Waals surface area contributed by atoms with Crippen LogP contribution in [-0.4, -0.2) is 23.1 Å². The Hall–Kier alpha value is -2.49. The maximum absolute atomic E-state index is 12.7. The number of hydrogen-bond donors (Lipinski definition) is 0. The summed E-state index contributed by atoms with van der Waals surface area (Å²) < 4.78 is 11.6. The molecular formula is C24H31NO3. The van der Waals surface area contributed by atoms with Crippen LogP contribution in [-0.2, 0) is 17.8 Å². The van der Waals surface area contributed by atoms with E-state index in [1.54, 1.807) is 0 Å². The van der Waals surface area contributed by atoms with Gasteiger partial charge in [-0.2, -0.15) is 0 Å². The molecule has 0 radical (unpaired) electrons. The van der Waals surface area contributed by atoms with Gasteiger partial charge in [0.25, 0.3) is 0 Å². The van der Waals surface area contributed by atoms with Gasteiger partial charge >= 0.3 is 6.09 Å². The number of ether oxygens (including phenoxy) is 2. The van der Waals surface area contributed by atoms with Gasteiger partial charge in [0.15, 0.2) is 0 Å². The molecule has 0 N–H and O–H groups in total. The second kappa shape index (κ2) is 8.68. The topological polar surface area (TPSA) is 38.8 Å². The van der Waals surface area contributed by atoms with Gasteiger partial charge in [-0.05, 0) is 62.4 Å². The van der Waals surface area contributed by atoms with E-state index in [1.165, 1.54) is 11.1 Å². The molecule has 0 aliphatic carbocycles. The van der Waals surface area contributed by atoms with Gasteiger partial charge in [0.2, 0.25) is 0 Å². The van der Waals surface area contributed by atoms with Crippen molar-refractivity contribution in [2.75, 3.05) is 6.54 Å². The minimum atomic E-state index is -0.483. The van der Waals surface area contributed by atoms with Gasteiger partial charge in [0.05, 0.1) is 6.04 Å². The van der Waals surface area contributed by atoms with Crippen LogP contribution in [0.3, 0.4) is 0 Å². The molecule has 1 amide bonds. The number of rotatable bonds is 5. The summed E-state index contributed by atoms with van der Waals surface area (Å²) in [7, 11) is 0. The van der Waals surface area contributed by atoms with Crippen molar-refractivity contribution in [2.45, 2.75) is 65.2 Å². The van der Waals surface area contributed by atoms with Crippen molar-refractivity contribution in [3.8, 4) is 5.75 Å². The lowest BCUT2D eigenvalue weighted by molar-refractivity contribution is 0.0131. The molecule has 0 fully saturated rings. The van der Waals surface area contributed by atoms with Crippen molar-refractivity contribution in [1.82, 2.24) is 4.90 Å². The van der Waals surface area contributed by atoms with Crippen LogP contribution in [0, 0.1) is 0 Å². The number of carbonyl (C=O) groups excluding carboxylic acids is 1. The first-order valence-corrected chi connectivity index (χ1v) is 10.2. The van der Waals surface area contributed by atoms with Gasteiger partial charge in [-0.3, -0.25) is 0 Å². The molecule has 1 unspecified atom stereocenters. The van der Waals surface area contributed by atoms with Crippen molar-refractivity contribution in [3.63, 3.8) is 0 Å². The van der Waals surface area contributed by atoms with Crippen molar-refractivity contribution >= 4 is 6.09 Å². The molecule has 0 spiro atoms. The maximum Gasteiger partial charge on any atom is 0.410 e. The van der Waals surface area contributed by atoms with Crippen molar-refractivity contribution in [2.24, 2.45) is 0 Å². The Morgan fingerprint density at radius 2 is 1.89 bits per heavy atom. The van der Waals surface area contributed by atoms with Gasteiger partial charge in [-0.1, -0.05) is 49.7 Å². The highest BCUT2D eigenvalue weighted by molar-refractivity contribution is 5.69. The Labute approximate surface area is 168 Å². The number of nitrogens with zero attached hydrogens (tertiary/aromatic N) is 1. The van der Waals surface area contributed by atoms with Crippen LogP contribution in [0.25, 0.3) is 0 Å². The molecule has 2 aromatic carbocycles. The molecule has 1 heterocycles. The molecule has 0 aromatic heterocycles. The molecule has 0 bridgehead atoms. The molecule has 150 valence electrons. The van der Waals surface area contributed by atoms with E-state index in [9.17, 15) is 4.79 Å². The van der Waals surface area contributed by atoms with Crippen LogP contribution in [0.1, 0.15) is 63.3 Å². The third kappa shape index (κ3) is 5.06. The molecule has 1 aliphatic heterocycles. The zero-order valence-electron chi connectivity index (χ0n) is 17.4. The van der Waals surface area contributed by atoms with Crippen molar-refractivity contribution in [1.29, 1.82) is 0 Å². The quantitative estimate of drug-likeness (QED) is 0.647. The zero-order valence-corrected chi connectivity index (χ0v) is 17.4. The molecule has 0 saturated heterocycles. The monoisotopic (exact) mass is 381 g/mol. The zero-order chi connectivity index (χ0) is 20.1. The average Bonchev–Trinajstić information content (AvgIpc) is 2.66. The van der Waals surface area contributed by atoms with E-state index in [0.717, 1.165) is 30.6 Å². The van der Waals surface area contributed by atoms with Gasteiger partial charge in [-0.25, -0.2) is 4.79 Å². The van der Waals surface area contributed by atoms with Crippen LogP contribution in [0.4, 0.5) is 4.79 Å². The molecular weight excluding hydrogens is 350 g/mol. The van der Waals surface area contributed by atoms with E-state index >= 15 is 0 Å². The largest absolute Gasteiger partial charge is 0.489 e. The normalized spacial score (nSPS) is 16.4. The minimum Gasteiger partial charge on any atom is -0.489 e. The van der Waals surface area contributed by atoms with Crippen LogP contribution in [0.5, 0.6) is 5.75 Å². The molecule has 2 aromatic rings. The van der Waals surface area contributed by atoms with Crippen LogP contribution >= 0.6 is 0 Å². The molecule has 1 aliphatic rings. The Morgan fingerprint density at radius 1 is 1.14 bits per heavy atom. The van der Waals surface area contributed by atoms with Crippen LogP contribution < -0.4 is 4.74 Å². The van der Waals surface area contributed by atoms with E-state index < -0.39 is 5.60 Å². The molecule has 4 nitrogen and oxygen atoms in total. The fourth-order valence-corrected chi connectivity index (χ4v) is 3.64. The van der Waals surface area contributed by atoms with Crippen molar-refractivity contribution in [3.05, 3.63) is 65.2 Å². The summed E-state index contributed by atoms with van der Waals surface area (Å²) in [6, 6.07) is 16.5. The standard InChI is InChI=1S/C24H31NO3/c1-5-9-22-21-13-12-20(27-17-18-10-7-6-8-11-18)16-19(21)14-15-25(22)23(26)28-24(2,3)4/h6-8,10-13,16,22H,5,9,14-15,17H2,1-4H3. The predicted molar refractivity (Wildman–Crippen MR) is 112 cm³/mol. The number of hydrogen-bond acceptors (Lipinski definition) is 3. The summed E-state index contributed by atoms with van der Waals surface area (Å²) in [4.78, 5) is 14.6. The van der Waals surface area contributed by atoms with E-state index in [0.29, 0.717) is 13.2 Å². The lowest BCUT2D eigenvalue weighted by Gasteiger charge is -2.38. The summed E-state index contributed by atoms with van der Waals surface area (Å²) >= 11 is 0. The molecule has 0 saturated carbocycles. The number of benzene rings is 2. The number of carbonyl (C=O) groups is 1. The van der Waals surface area contributed by atoms with E-state index in [2.05, 4.69) is 31.2 Å². The first kappa shape index (κ1) is 20.2. The highest BCUT2D eigenvalue weighted by Crippen LogP contribution is 2.36. The fraction of sp³-hybridized carbons (Fsp3) is 0.458. The lowest BCUT2D eigenvalue weighted by atomic mass is 9.90. The van der Waals surface area contributed by atoms with Gasteiger partial charge in [-0.15, -0.1) is 0 Å². The Balaban J connectivity index is 1.75. The summed E-state index contributed by atoms with van der Waals surface area (Å²) in [6.45, 7) is 9.12. The highest BCUT2D eigenvalue weighted by Gasteiger charge is 2.33. The third-order valence-corrected chi connectivity index (χ3v) is 4.91. The van der Waals surface area contributed by atoms with Gasteiger partial charge in [0, 0.05) is 6.54 Å². The molecule has 28 heavy (non-hydrogen) atoms. The van der Waals surface area contributed by atoms with Crippen LogP contribution in [0.15, 0.2) is 48.5 Å². The first-order valence-electron chi connectivity index (χ1n) is 10.2. The molecule has 3 rings (SSSR count). The second-order valence-electron chi connectivity index (χ2n) is 8.36. The SMILES string of the molecule is CCCC1c2ccc(OCc3ccccc3)cc2CCN1C(=O)OC(C)(C)C. The van der Waals surface area contributed by atoms with E-state index in [-0.39, 0.29) is 12.1 Å². The molecule has 4 heteroatoms. The Bertz CT molecular complexity index is 795. The maximum atomic E-state index is 12.7. The summed E-state index contributed by atoms with van der Waals surface area (Å²) in [5.41, 5.74) is 3.15. The van der Waals surface area contributed by atoms with E-state index in [1.807, 2.05) is 49.9 Å². The minimum absolute atomic E-state index is 0.0618. The smallest absolute Gasteiger partial charge is 0.410 e. The average molecular weight is 382 g/mol. The molecule has 1 atom stereocenters. The first-order chi connectivity index (χ1) is 13.4. The van der Waals surface area contributed by atoms with Gasteiger partial charge < -0.3 is 14.4 Å². The second-order valence-corrected chi connectivity index (χ2v) is 8.36. The number of amides is 1. The Kier molecular flexibility index (Phi) is 6.28. The third-order valence-electron chi connectivity index (χ3n) is 4.91. The Morgan fingerprint density at radius 3 is 2.57 bits per heavy atom. The highest BCUT2D eigenvalue weighted by atomic mass is 16.6. The summed E-state index contributed by atoms with van der Waals surface area (Å²) in [6.07, 6.45) is 2.53. The van der Waals surface area contributed by atoms with E-state index in [4.69, 9.17) is 9.47 Å². The van der Waals surface area contributed by atoms with Crippen molar-refractivity contribution < 1.29 is 14.3 Å². The predicted octanol–water partition coefficient (Wildman–Crippen LogP) is 5.90. The van der Waals surface area contributed by atoms with Crippen LogP contribution in [0.2, 0.25) is 0 Å². The fourth-order valence-electron chi connectivity index (χ4n) is 3.64. The van der Waals surface area contributed by atoms with Gasteiger partial charge in [0.1, 0.15) is 18.0 Å². The summed E-state index contributed by atoms with van der Waals surface area (Å²) in [5, 5.41) is 0. The number of fused-ring (bicyclic) bond motifs is 1. The summed E-state index contributed by atoms with van der Waals surface area (Å²) in [5.74, 6) is 0.878.